The van der Waals surface area contributed by atoms with E-state index < -0.39 is 5.97 Å². The first-order chi connectivity index (χ1) is 12.7. The number of anilines is 2. The van der Waals surface area contributed by atoms with Crippen LogP contribution in [0.5, 0.6) is 5.75 Å². The van der Waals surface area contributed by atoms with Gasteiger partial charge in [-0.1, -0.05) is 27.7 Å². The van der Waals surface area contributed by atoms with Crippen LogP contribution in [-0.2, 0) is 0 Å². The molecule has 2 rings (SSSR count). The Labute approximate surface area is 162 Å². The number of hydrogen-bond acceptors (Lipinski definition) is 3. The summed E-state index contributed by atoms with van der Waals surface area (Å²) in [6.07, 6.45) is 0. The van der Waals surface area contributed by atoms with Crippen molar-refractivity contribution in [3.05, 3.63) is 53.1 Å². The number of rotatable bonds is 8. The van der Waals surface area contributed by atoms with E-state index in [1.54, 1.807) is 12.1 Å². The summed E-state index contributed by atoms with van der Waals surface area (Å²) in [4.78, 5) is 13.3. The van der Waals surface area contributed by atoms with Gasteiger partial charge in [-0.05, 0) is 73.2 Å². The van der Waals surface area contributed by atoms with E-state index in [2.05, 4.69) is 58.6 Å². The highest BCUT2D eigenvalue weighted by molar-refractivity contribution is 5.88. The molecule has 146 valence electrons. The van der Waals surface area contributed by atoms with Crippen LogP contribution in [0.2, 0.25) is 0 Å². The third-order valence-corrected chi connectivity index (χ3v) is 4.56. The van der Waals surface area contributed by atoms with Gasteiger partial charge in [-0.3, -0.25) is 0 Å². The molecule has 0 bridgehead atoms. The van der Waals surface area contributed by atoms with Gasteiger partial charge in [0.05, 0.1) is 12.2 Å². The standard InChI is InChI=1S/C23H31NO3/c1-7-24(19-10-8-18(9-11-19)23(25)26)21-13-20(16(4)5)22(12-17(21)6)27-14-15(2)3/h8-13,15-16H,7,14H2,1-6H3,(H,25,26). The molecule has 0 aromatic heterocycles. The van der Waals surface area contributed by atoms with Gasteiger partial charge in [0.2, 0.25) is 0 Å². The van der Waals surface area contributed by atoms with E-state index in [0.717, 1.165) is 29.2 Å². The van der Waals surface area contributed by atoms with E-state index in [9.17, 15) is 4.79 Å². The molecule has 0 saturated carbocycles. The van der Waals surface area contributed by atoms with Crippen LogP contribution in [0.15, 0.2) is 36.4 Å². The zero-order valence-corrected chi connectivity index (χ0v) is 17.2. The average molecular weight is 370 g/mol. The molecule has 0 aliphatic heterocycles. The minimum Gasteiger partial charge on any atom is -0.493 e. The molecule has 2 aromatic carbocycles. The molecule has 4 heteroatoms. The molecule has 0 radical (unpaired) electrons. The van der Waals surface area contributed by atoms with Gasteiger partial charge in [-0.15, -0.1) is 0 Å². The average Bonchev–Trinajstić information content (AvgIpc) is 2.62. The van der Waals surface area contributed by atoms with Crippen LogP contribution in [-0.4, -0.2) is 24.2 Å². The molecule has 0 amide bonds. The number of aryl methyl sites for hydroxylation is 1. The molecule has 0 saturated heterocycles. The summed E-state index contributed by atoms with van der Waals surface area (Å²) in [5.41, 5.74) is 4.74. The van der Waals surface area contributed by atoms with Gasteiger partial charge in [-0.25, -0.2) is 4.79 Å². The van der Waals surface area contributed by atoms with Crippen LogP contribution in [0.3, 0.4) is 0 Å². The first-order valence-corrected chi connectivity index (χ1v) is 9.62. The number of carboxylic acids is 1. The van der Waals surface area contributed by atoms with Gasteiger partial charge >= 0.3 is 5.97 Å². The number of benzene rings is 2. The predicted molar refractivity (Wildman–Crippen MR) is 112 cm³/mol. The van der Waals surface area contributed by atoms with Gasteiger partial charge < -0.3 is 14.7 Å². The lowest BCUT2D eigenvalue weighted by atomic mass is 9.98. The highest BCUT2D eigenvalue weighted by Crippen LogP contribution is 2.37. The maximum atomic E-state index is 11.1. The summed E-state index contributed by atoms with van der Waals surface area (Å²) in [7, 11) is 0. The first kappa shape index (κ1) is 20.8. The topological polar surface area (TPSA) is 49.8 Å². The van der Waals surface area contributed by atoms with Crippen LogP contribution < -0.4 is 9.64 Å². The Bertz CT molecular complexity index is 779. The van der Waals surface area contributed by atoms with E-state index in [-0.39, 0.29) is 0 Å². The number of hydrogen-bond donors (Lipinski definition) is 1. The van der Waals surface area contributed by atoms with Crippen molar-refractivity contribution in [1.82, 2.24) is 0 Å². The number of nitrogens with zero attached hydrogens (tertiary/aromatic N) is 1. The smallest absolute Gasteiger partial charge is 0.335 e. The van der Waals surface area contributed by atoms with Crippen molar-refractivity contribution in [2.24, 2.45) is 5.92 Å². The summed E-state index contributed by atoms with van der Waals surface area (Å²) in [6.45, 7) is 14.3. The molecule has 4 nitrogen and oxygen atoms in total. The number of ether oxygens (including phenoxy) is 1. The molecule has 27 heavy (non-hydrogen) atoms. The minimum absolute atomic E-state index is 0.298. The van der Waals surface area contributed by atoms with Gasteiger partial charge in [0.25, 0.3) is 0 Å². The molecule has 0 unspecified atom stereocenters. The molecule has 0 fully saturated rings. The third kappa shape index (κ3) is 5.03. The van der Waals surface area contributed by atoms with Crippen molar-refractivity contribution >= 4 is 17.3 Å². The molecule has 0 aliphatic carbocycles. The molecule has 0 heterocycles. The number of carbonyl (C=O) groups is 1. The Kier molecular flexibility index (Phi) is 6.89. The lowest BCUT2D eigenvalue weighted by molar-refractivity contribution is 0.0697. The second-order valence-corrected chi connectivity index (χ2v) is 7.63. The fourth-order valence-corrected chi connectivity index (χ4v) is 3.09. The Balaban J connectivity index is 2.44. The SMILES string of the molecule is CCN(c1ccc(C(=O)O)cc1)c1cc(C(C)C)c(OCC(C)C)cc1C. The lowest BCUT2D eigenvalue weighted by Crippen LogP contribution is -2.18. The van der Waals surface area contributed by atoms with Crippen molar-refractivity contribution in [1.29, 1.82) is 0 Å². The Morgan fingerprint density at radius 3 is 2.22 bits per heavy atom. The van der Waals surface area contributed by atoms with Crippen LogP contribution in [0.4, 0.5) is 11.4 Å². The maximum Gasteiger partial charge on any atom is 0.335 e. The van der Waals surface area contributed by atoms with E-state index in [0.29, 0.717) is 24.0 Å². The minimum atomic E-state index is -0.908. The number of aromatic carboxylic acids is 1. The monoisotopic (exact) mass is 369 g/mol. The van der Waals surface area contributed by atoms with Gasteiger partial charge in [0.15, 0.2) is 0 Å². The second kappa shape index (κ2) is 8.94. The zero-order valence-electron chi connectivity index (χ0n) is 17.2. The van der Waals surface area contributed by atoms with Crippen molar-refractivity contribution in [2.75, 3.05) is 18.1 Å². The quantitative estimate of drug-likeness (QED) is 0.619. The van der Waals surface area contributed by atoms with Gasteiger partial charge in [-0.2, -0.15) is 0 Å². The Morgan fingerprint density at radius 2 is 1.74 bits per heavy atom. The fraction of sp³-hybridized carbons (Fsp3) is 0.435. The van der Waals surface area contributed by atoms with Crippen LogP contribution in [0.1, 0.15) is 62.0 Å². The Morgan fingerprint density at radius 1 is 1.11 bits per heavy atom. The highest BCUT2D eigenvalue weighted by Gasteiger charge is 2.17. The second-order valence-electron chi connectivity index (χ2n) is 7.63. The lowest BCUT2D eigenvalue weighted by Gasteiger charge is -2.27. The number of carboxylic acid groups (broad SMARTS) is 1. The molecule has 2 aromatic rings. The molecule has 0 spiro atoms. The molecular formula is C23H31NO3. The van der Waals surface area contributed by atoms with E-state index in [1.165, 1.54) is 5.56 Å². The summed E-state index contributed by atoms with van der Waals surface area (Å²) in [5, 5.41) is 9.12. The normalized spacial score (nSPS) is 11.1. The van der Waals surface area contributed by atoms with Gasteiger partial charge in [0.1, 0.15) is 5.75 Å². The summed E-state index contributed by atoms with van der Waals surface area (Å²) < 4.78 is 6.07. The van der Waals surface area contributed by atoms with Crippen LogP contribution >= 0.6 is 0 Å². The summed E-state index contributed by atoms with van der Waals surface area (Å²) >= 11 is 0. The van der Waals surface area contributed by atoms with Crippen LogP contribution in [0.25, 0.3) is 0 Å². The van der Waals surface area contributed by atoms with Crippen molar-refractivity contribution < 1.29 is 14.6 Å². The van der Waals surface area contributed by atoms with Crippen molar-refractivity contribution in [3.8, 4) is 5.75 Å². The highest BCUT2D eigenvalue weighted by atomic mass is 16.5. The largest absolute Gasteiger partial charge is 0.493 e. The predicted octanol–water partition coefficient (Wildman–Crippen LogP) is 6.01. The van der Waals surface area contributed by atoms with E-state index in [4.69, 9.17) is 9.84 Å². The molecule has 0 aliphatic rings. The van der Waals surface area contributed by atoms with Crippen molar-refractivity contribution in [2.45, 2.75) is 47.5 Å². The van der Waals surface area contributed by atoms with Gasteiger partial charge in [0, 0.05) is 17.9 Å². The molecule has 0 atom stereocenters. The summed E-state index contributed by atoms with van der Waals surface area (Å²) in [5.74, 6) is 0.872. The summed E-state index contributed by atoms with van der Waals surface area (Å²) in [6, 6.07) is 11.4. The Hall–Kier alpha value is -2.49. The fourth-order valence-electron chi connectivity index (χ4n) is 3.09. The maximum absolute atomic E-state index is 11.1. The van der Waals surface area contributed by atoms with E-state index >= 15 is 0 Å². The molecule has 1 N–H and O–H groups in total. The van der Waals surface area contributed by atoms with Crippen LogP contribution in [0, 0.1) is 12.8 Å². The zero-order chi connectivity index (χ0) is 20.1. The van der Waals surface area contributed by atoms with E-state index in [1.807, 2.05) is 12.1 Å². The third-order valence-electron chi connectivity index (χ3n) is 4.56. The molecular weight excluding hydrogens is 338 g/mol. The van der Waals surface area contributed by atoms with Crippen molar-refractivity contribution in [3.63, 3.8) is 0 Å². The first-order valence-electron chi connectivity index (χ1n) is 9.62.